The second-order valence-corrected chi connectivity index (χ2v) is 5.77. The third-order valence-corrected chi connectivity index (χ3v) is 4.12. The van der Waals surface area contributed by atoms with Crippen molar-refractivity contribution in [1.82, 2.24) is 5.16 Å². The molecule has 4 rings (SSSR count). The van der Waals surface area contributed by atoms with Gasteiger partial charge in [-0.05, 0) is 42.3 Å². The molecule has 0 spiro atoms. The number of amides is 2. The Balaban J connectivity index is 1.51. The maximum absolute atomic E-state index is 12.3. The van der Waals surface area contributed by atoms with Gasteiger partial charge < -0.3 is 19.2 Å². The van der Waals surface area contributed by atoms with Crippen LogP contribution in [0.3, 0.4) is 0 Å². The maximum Gasteiger partial charge on any atom is 0.277 e. The molecule has 2 amide bonds. The van der Waals surface area contributed by atoms with E-state index in [1.165, 1.54) is 12.3 Å². The van der Waals surface area contributed by atoms with Gasteiger partial charge in [-0.1, -0.05) is 5.16 Å². The van der Waals surface area contributed by atoms with Gasteiger partial charge >= 0.3 is 0 Å². The van der Waals surface area contributed by atoms with Gasteiger partial charge in [0, 0.05) is 30.9 Å². The first-order valence-corrected chi connectivity index (χ1v) is 7.85. The lowest BCUT2D eigenvalue weighted by atomic mass is 10.1. The van der Waals surface area contributed by atoms with Crippen LogP contribution in [-0.2, 0) is 11.2 Å². The van der Waals surface area contributed by atoms with Crippen molar-refractivity contribution < 1.29 is 18.5 Å². The molecule has 0 aliphatic carbocycles. The number of carbonyl (C=O) groups is 2. The fraction of sp³-hybridized carbons (Fsp3) is 0.167. The van der Waals surface area contributed by atoms with E-state index in [-0.39, 0.29) is 17.5 Å². The standard InChI is InChI=1S/C18H15N3O4/c1-11(22)21-7-6-12-9-13(4-5-15(12)21)19-18(23)14-10-17(25-20-14)16-3-2-8-24-16/h2-5,8-10H,6-7H2,1H3,(H,19,23). The van der Waals surface area contributed by atoms with Crippen LogP contribution in [0.4, 0.5) is 11.4 Å². The number of furan rings is 1. The van der Waals surface area contributed by atoms with E-state index in [0.29, 0.717) is 23.8 Å². The Kier molecular flexibility index (Phi) is 3.61. The van der Waals surface area contributed by atoms with Gasteiger partial charge in [-0.3, -0.25) is 9.59 Å². The number of hydrogen-bond acceptors (Lipinski definition) is 5. The molecule has 2 aromatic heterocycles. The largest absolute Gasteiger partial charge is 0.461 e. The van der Waals surface area contributed by atoms with Gasteiger partial charge in [-0.2, -0.15) is 0 Å². The second kappa shape index (κ2) is 5.94. The average Bonchev–Trinajstić information content (AvgIpc) is 3.33. The number of carbonyl (C=O) groups excluding carboxylic acids is 2. The summed E-state index contributed by atoms with van der Waals surface area (Å²) in [5.41, 5.74) is 2.74. The van der Waals surface area contributed by atoms with Gasteiger partial charge in [0.25, 0.3) is 5.91 Å². The van der Waals surface area contributed by atoms with Crippen LogP contribution in [0.15, 0.2) is 51.6 Å². The Bertz CT molecular complexity index is 943. The molecule has 25 heavy (non-hydrogen) atoms. The fourth-order valence-corrected chi connectivity index (χ4v) is 2.92. The molecule has 0 bridgehead atoms. The van der Waals surface area contributed by atoms with Gasteiger partial charge in [0.05, 0.1) is 6.26 Å². The summed E-state index contributed by atoms with van der Waals surface area (Å²) < 4.78 is 10.3. The van der Waals surface area contributed by atoms with Gasteiger partial charge in [-0.25, -0.2) is 0 Å². The molecule has 7 heteroatoms. The molecule has 0 saturated heterocycles. The van der Waals surface area contributed by atoms with Crippen molar-refractivity contribution in [2.75, 3.05) is 16.8 Å². The summed E-state index contributed by atoms with van der Waals surface area (Å²) in [7, 11) is 0. The molecule has 0 unspecified atom stereocenters. The van der Waals surface area contributed by atoms with E-state index in [4.69, 9.17) is 8.94 Å². The predicted octanol–water partition coefficient (Wildman–Crippen LogP) is 3.10. The first-order chi connectivity index (χ1) is 12.1. The number of aromatic nitrogens is 1. The Morgan fingerprint density at radius 3 is 2.84 bits per heavy atom. The van der Waals surface area contributed by atoms with Gasteiger partial charge in [-0.15, -0.1) is 0 Å². The molecule has 3 aromatic rings. The molecule has 1 aliphatic rings. The zero-order chi connectivity index (χ0) is 17.4. The van der Waals surface area contributed by atoms with Crippen LogP contribution in [0.25, 0.3) is 11.5 Å². The van der Waals surface area contributed by atoms with E-state index in [1.807, 2.05) is 12.1 Å². The minimum Gasteiger partial charge on any atom is -0.461 e. The third kappa shape index (κ3) is 2.80. The van der Waals surface area contributed by atoms with Crippen molar-refractivity contribution >= 4 is 23.2 Å². The molecule has 3 heterocycles. The van der Waals surface area contributed by atoms with Crippen LogP contribution in [-0.4, -0.2) is 23.5 Å². The molecule has 1 aromatic carbocycles. The van der Waals surface area contributed by atoms with Crippen molar-refractivity contribution in [3.63, 3.8) is 0 Å². The number of rotatable bonds is 3. The lowest BCUT2D eigenvalue weighted by molar-refractivity contribution is -0.116. The van der Waals surface area contributed by atoms with Crippen molar-refractivity contribution in [3.05, 3.63) is 53.9 Å². The maximum atomic E-state index is 12.3. The Hall–Kier alpha value is -3.35. The minimum absolute atomic E-state index is 0.0172. The summed E-state index contributed by atoms with van der Waals surface area (Å²) in [6.07, 6.45) is 2.29. The quantitative estimate of drug-likeness (QED) is 0.793. The smallest absolute Gasteiger partial charge is 0.277 e. The molecule has 0 fully saturated rings. The molecular formula is C18H15N3O4. The van der Waals surface area contributed by atoms with E-state index in [0.717, 1.165) is 17.7 Å². The first kappa shape index (κ1) is 15.2. The minimum atomic E-state index is -0.372. The molecular weight excluding hydrogens is 322 g/mol. The molecule has 126 valence electrons. The van der Waals surface area contributed by atoms with Crippen LogP contribution in [0.5, 0.6) is 0 Å². The van der Waals surface area contributed by atoms with E-state index >= 15 is 0 Å². The normalized spacial score (nSPS) is 12.9. The molecule has 1 N–H and O–H groups in total. The Labute approximate surface area is 143 Å². The van der Waals surface area contributed by atoms with Crippen molar-refractivity contribution in [1.29, 1.82) is 0 Å². The highest BCUT2D eigenvalue weighted by Gasteiger charge is 2.23. The van der Waals surface area contributed by atoms with Gasteiger partial charge in [0.1, 0.15) is 0 Å². The summed E-state index contributed by atoms with van der Waals surface area (Å²) >= 11 is 0. The van der Waals surface area contributed by atoms with E-state index in [9.17, 15) is 9.59 Å². The predicted molar refractivity (Wildman–Crippen MR) is 90.3 cm³/mol. The van der Waals surface area contributed by atoms with Crippen molar-refractivity contribution in [2.24, 2.45) is 0 Å². The summed E-state index contributed by atoms with van der Waals surface area (Å²) in [6.45, 7) is 2.21. The first-order valence-electron chi connectivity index (χ1n) is 7.85. The SMILES string of the molecule is CC(=O)N1CCc2cc(NC(=O)c3cc(-c4ccco4)on3)ccc21. The van der Waals surface area contributed by atoms with Gasteiger partial charge in [0.15, 0.2) is 11.5 Å². The highest BCUT2D eigenvalue weighted by atomic mass is 16.5. The number of fused-ring (bicyclic) bond motifs is 1. The monoisotopic (exact) mass is 337 g/mol. The highest BCUT2D eigenvalue weighted by molar-refractivity contribution is 6.03. The molecule has 0 atom stereocenters. The summed E-state index contributed by atoms with van der Waals surface area (Å²) in [4.78, 5) is 25.7. The fourth-order valence-electron chi connectivity index (χ4n) is 2.92. The van der Waals surface area contributed by atoms with Crippen LogP contribution in [0, 0.1) is 0 Å². The summed E-state index contributed by atoms with van der Waals surface area (Å²) in [6, 6.07) is 10.5. The van der Waals surface area contributed by atoms with Crippen LogP contribution < -0.4 is 10.2 Å². The van der Waals surface area contributed by atoms with E-state index < -0.39 is 0 Å². The lowest BCUT2D eigenvalue weighted by Crippen LogP contribution is -2.25. The van der Waals surface area contributed by atoms with Crippen LogP contribution in [0.2, 0.25) is 0 Å². The number of anilines is 2. The van der Waals surface area contributed by atoms with Crippen molar-refractivity contribution in [3.8, 4) is 11.5 Å². The Morgan fingerprint density at radius 1 is 1.20 bits per heavy atom. The van der Waals surface area contributed by atoms with Crippen LogP contribution >= 0.6 is 0 Å². The van der Waals surface area contributed by atoms with Crippen LogP contribution in [0.1, 0.15) is 23.0 Å². The number of benzene rings is 1. The van der Waals surface area contributed by atoms with Gasteiger partial charge in [0.2, 0.25) is 11.7 Å². The third-order valence-electron chi connectivity index (χ3n) is 4.12. The lowest BCUT2D eigenvalue weighted by Gasteiger charge is -2.14. The molecule has 0 radical (unpaired) electrons. The Morgan fingerprint density at radius 2 is 2.08 bits per heavy atom. The second-order valence-electron chi connectivity index (χ2n) is 5.77. The number of nitrogens with one attached hydrogen (secondary N) is 1. The number of hydrogen-bond donors (Lipinski definition) is 1. The summed E-state index contributed by atoms with van der Waals surface area (Å²) in [5, 5.41) is 6.57. The summed E-state index contributed by atoms with van der Waals surface area (Å²) in [5.74, 6) is 0.543. The molecule has 0 saturated carbocycles. The average molecular weight is 337 g/mol. The topological polar surface area (TPSA) is 88.6 Å². The zero-order valence-corrected chi connectivity index (χ0v) is 13.5. The van der Waals surface area contributed by atoms with E-state index in [2.05, 4.69) is 10.5 Å². The zero-order valence-electron chi connectivity index (χ0n) is 13.5. The number of nitrogens with zero attached hydrogens (tertiary/aromatic N) is 2. The van der Waals surface area contributed by atoms with Crippen molar-refractivity contribution in [2.45, 2.75) is 13.3 Å². The van der Waals surface area contributed by atoms with E-state index in [1.54, 1.807) is 30.0 Å². The molecule has 1 aliphatic heterocycles. The highest BCUT2D eigenvalue weighted by Crippen LogP contribution is 2.30. The molecule has 7 nitrogen and oxygen atoms in total.